The molecule has 5 nitrogen and oxygen atoms in total. The standard InChI is InChI=1S/C21H31N3O2.ClH/c25-21-8-3-10-24(21)14-17-5-1-4-16(12-17)13-23-19-7-2-6-18(19)20-15-26-11-9-22-20;/h1,4-5,12,18-20,22-23H,2-3,6-11,13-15H2;1H. The number of morpholine rings is 1. The molecule has 1 saturated carbocycles. The lowest BCUT2D eigenvalue weighted by molar-refractivity contribution is -0.128. The van der Waals surface area contributed by atoms with Crippen molar-refractivity contribution in [2.24, 2.45) is 5.92 Å². The number of carbonyl (C=O) groups is 1. The summed E-state index contributed by atoms with van der Waals surface area (Å²) in [5, 5.41) is 7.44. The van der Waals surface area contributed by atoms with E-state index in [1.165, 1.54) is 30.4 Å². The molecule has 3 atom stereocenters. The normalized spacial score (nSPS) is 28.4. The minimum atomic E-state index is 0. The maximum Gasteiger partial charge on any atom is 0.222 e. The second-order valence-electron chi connectivity index (χ2n) is 7.96. The Balaban J connectivity index is 0.00000210. The highest BCUT2D eigenvalue weighted by Gasteiger charge is 2.34. The SMILES string of the molecule is Cl.O=C1CCCN1Cc1cccc(CNC2CCCC2C2COCCN2)c1. The van der Waals surface area contributed by atoms with Gasteiger partial charge in [-0.25, -0.2) is 0 Å². The molecule has 2 saturated heterocycles. The van der Waals surface area contributed by atoms with Crippen molar-refractivity contribution in [3.05, 3.63) is 35.4 Å². The van der Waals surface area contributed by atoms with Crippen LogP contribution in [-0.4, -0.2) is 49.2 Å². The molecule has 0 spiro atoms. The van der Waals surface area contributed by atoms with Gasteiger partial charge in [0.15, 0.2) is 0 Å². The zero-order valence-corrected chi connectivity index (χ0v) is 16.8. The number of ether oxygens (including phenoxy) is 1. The van der Waals surface area contributed by atoms with Gasteiger partial charge < -0.3 is 20.3 Å². The van der Waals surface area contributed by atoms with Crippen molar-refractivity contribution in [2.75, 3.05) is 26.3 Å². The zero-order chi connectivity index (χ0) is 17.8. The number of rotatable bonds is 6. The molecule has 2 heterocycles. The largest absolute Gasteiger partial charge is 0.379 e. The van der Waals surface area contributed by atoms with Gasteiger partial charge in [-0.05, 0) is 36.3 Å². The molecule has 0 bridgehead atoms. The number of nitrogens with zero attached hydrogens (tertiary/aromatic N) is 1. The molecular weight excluding hydrogens is 362 g/mol. The van der Waals surface area contributed by atoms with Gasteiger partial charge in [0.1, 0.15) is 0 Å². The fraction of sp³-hybridized carbons (Fsp3) is 0.667. The Morgan fingerprint density at radius 2 is 2.11 bits per heavy atom. The molecule has 1 aromatic carbocycles. The van der Waals surface area contributed by atoms with Gasteiger partial charge in [-0.1, -0.05) is 30.7 Å². The van der Waals surface area contributed by atoms with Crippen LogP contribution in [-0.2, 0) is 22.6 Å². The summed E-state index contributed by atoms with van der Waals surface area (Å²) in [6.07, 6.45) is 5.56. The van der Waals surface area contributed by atoms with Gasteiger partial charge in [-0.3, -0.25) is 4.79 Å². The van der Waals surface area contributed by atoms with Crippen molar-refractivity contribution in [1.29, 1.82) is 0 Å². The Morgan fingerprint density at radius 1 is 1.22 bits per heavy atom. The molecule has 0 aromatic heterocycles. The van der Waals surface area contributed by atoms with E-state index < -0.39 is 0 Å². The van der Waals surface area contributed by atoms with Crippen LogP contribution in [0.4, 0.5) is 0 Å². The van der Waals surface area contributed by atoms with Crippen molar-refractivity contribution in [1.82, 2.24) is 15.5 Å². The third-order valence-corrected chi connectivity index (χ3v) is 6.14. The van der Waals surface area contributed by atoms with E-state index in [2.05, 4.69) is 34.9 Å². The predicted molar refractivity (Wildman–Crippen MR) is 109 cm³/mol. The van der Waals surface area contributed by atoms with E-state index in [-0.39, 0.29) is 12.4 Å². The summed E-state index contributed by atoms with van der Waals surface area (Å²) in [6, 6.07) is 9.76. The third-order valence-electron chi connectivity index (χ3n) is 6.14. The second-order valence-corrected chi connectivity index (χ2v) is 7.96. The molecule has 150 valence electrons. The van der Waals surface area contributed by atoms with Gasteiger partial charge in [0.2, 0.25) is 5.91 Å². The molecule has 1 aromatic rings. The number of hydrogen-bond donors (Lipinski definition) is 2. The van der Waals surface area contributed by atoms with Crippen LogP contribution < -0.4 is 10.6 Å². The highest BCUT2D eigenvalue weighted by Crippen LogP contribution is 2.29. The van der Waals surface area contributed by atoms with Crippen molar-refractivity contribution >= 4 is 18.3 Å². The molecule has 2 aliphatic heterocycles. The van der Waals surface area contributed by atoms with Crippen molar-refractivity contribution in [2.45, 2.75) is 57.3 Å². The number of amides is 1. The Hall–Kier alpha value is -1.14. The smallest absolute Gasteiger partial charge is 0.222 e. The minimum absolute atomic E-state index is 0. The minimum Gasteiger partial charge on any atom is -0.379 e. The van der Waals surface area contributed by atoms with Gasteiger partial charge in [0.05, 0.1) is 13.2 Å². The highest BCUT2D eigenvalue weighted by atomic mass is 35.5. The molecule has 1 aliphatic carbocycles. The summed E-state index contributed by atoms with van der Waals surface area (Å²) in [7, 11) is 0. The summed E-state index contributed by atoms with van der Waals surface area (Å²) in [5.41, 5.74) is 2.55. The Morgan fingerprint density at radius 3 is 2.89 bits per heavy atom. The van der Waals surface area contributed by atoms with E-state index in [0.29, 0.717) is 30.3 Å². The molecular formula is C21H32ClN3O2. The first-order valence-corrected chi connectivity index (χ1v) is 10.2. The van der Waals surface area contributed by atoms with Crippen LogP contribution in [0.3, 0.4) is 0 Å². The van der Waals surface area contributed by atoms with Crippen LogP contribution in [0.5, 0.6) is 0 Å². The summed E-state index contributed by atoms with van der Waals surface area (Å²) in [5.74, 6) is 0.963. The third kappa shape index (κ3) is 5.23. The van der Waals surface area contributed by atoms with E-state index in [1.807, 2.05) is 4.90 Å². The molecule has 3 aliphatic rings. The van der Waals surface area contributed by atoms with E-state index >= 15 is 0 Å². The summed E-state index contributed by atoms with van der Waals surface area (Å²) >= 11 is 0. The monoisotopic (exact) mass is 393 g/mol. The summed E-state index contributed by atoms with van der Waals surface area (Å²) in [4.78, 5) is 13.8. The average Bonchev–Trinajstić information content (AvgIpc) is 3.30. The number of benzene rings is 1. The maximum absolute atomic E-state index is 11.8. The lowest BCUT2D eigenvalue weighted by atomic mass is 9.94. The predicted octanol–water partition coefficient (Wildman–Crippen LogP) is 2.48. The topological polar surface area (TPSA) is 53.6 Å². The number of halogens is 1. The van der Waals surface area contributed by atoms with Crippen molar-refractivity contribution in [3.8, 4) is 0 Å². The molecule has 3 unspecified atom stereocenters. The Bertz CT molecular complexity index is 621. The van der Waals surface area contributed by atoms with E-state index in [9.17, 15) is 4.79 Å². The molecule has 6 heteroatoms. The average molecular weight is 394 g/mol. The molecule has 27 heavy (non-hydrogen) atoms. The number of carbonyl (C=O) groups excluding carboxylic acids is 1. The second kappa shape index (κ2) is 9.87. The summed E-state index contributed by atoms with van der Waals surface area (Å²) < 4.78 is 5.67. The van der Waals surface area contributed by atoms with Gasteiger partial charge in [-0.15, -0.1) is 12.4 Å². The van der Waals surface area contributed by atoms with Crippen molar-refractivity contribution < 1.29 is 9.53 Å². The first-order valence-electron chi connectivity index (χ1n) is 10.2. The van der Waals surface area contributed by atoms with E-state index in [0.717, 1.165) is 45.8 Å². The van der Waals surface area contributed by atoms with Crippen LogP contribution >= 0.6 is 12.4 Å². The van der Waals surface area contributed by atoms with E-state index in [1.54, 1.807) is 0 Å². The first-order chi connectivity index (χ1) is 12.8. The maximum atomic E-state index is 11.8. The van der Waals surface area contributed by atoms with Gasteiger partial charge in [0.25, 0.3) is 0 Å². The van der Waals surface area contributed by atoms with Crippen LogP contribution in [0.1, 0.15) is 43.2 Å². The van der Waals surface area contributed by atoms with Gasteiger partial charge >= 0.3 is 0 Å². The number of hydrogen-bond acceptors (Lipinski definition) is 4. The quantitative estimate of drug-likeness (QED) is 0.779. The summed E-state index contributed by atoms with van der Waals surface area (Å²) in [6.45, 7) is 5.22. The van der Waals surface area contributed by atoms with Crippen LogP contribution in [0.2, 0.25) is 0 Å². The Kier molecular flexibility index (Phi) is 7.53. The molecule has 4 rings (SSSR count). The van der Waals surface area contributed by atoms with Gasteiger partial charge in [-0.2, -0.15) is 0 Å². The van der Waals surface area contributed by atoms with Crippen molar-refractivity contribution in [3.63, 3.8) is 0 Å². The Labute approximate surface area is 168 Å². The highest BCUT2D eigenvalue weighted by molar-refractivity contribution is 5.85. The fourth-order valence-electron chi connectivity index (χ4n) is 4.76. The molecule has 3 fully saturated rings. The van der Waals surface area contributed by atoms with Crippen LogP contribution in [0, 0.1) is 5.92 Å². The molecule has 0 radical (unpaired) electrons. The first kappa shape index (κ1) is 20.6. The van der Waals surface area contributed by atoms with E-state index in [4.69, 9.17) is 4.74 Å². The van der Waals surface area contributed by atoms with Crippen LogP contribution in [0.25, 0.3) is 0 Å². The zero-order valence-electron chi connectivity index (χ0n) is 16.0. The fourth-order valence-corrected chi connectivity index (χ4v) is 4.76. The molecule has 2 N–H and O–H groups in total. The number of nitrogens with one attached hydrogen (secondary N) is 2. The molecule has 1 amide bonds. The van der Waals surface area contributed by atoms with Crippen LogP contribution in [0.15, 0.2) is 24.3 Å². The lowest BCUT2D eigenvalue weighted by Crippen LogP contribution is -2.50. The number of likely N-dealkylation sites (tertiary alicyclic amines) is 1. The van der Waals surface area contributed by atoms with Gasteiger partial charge in [0, 0.05) is 44.7 Å². The lowest BCUT2D eigenvalue weighted by Gasteiger charge is -2.33.